The van der Waals surface area contributed by atoms with E-state index in [9.17, 15) is 19.2 Å². The SMILES string of the molecule is C=CCCCCCCC(=O)N1C[C@H](OC(=O)N2CCc3ccccc3C2)C[C@H]1C(=O)N[C@]1(C(=O)OCC)C[C@H]1C(C)C. The van der Waals surface area contributed by atoms with E-state index in [1.807, 2.05) is 38.1 Å². The maximum atomic E-state index is 13.7. The zero-order valence-electron chi connectivity index (χ0n) is 25.4. The fourth-order valence-electron chi connectivity index (χ4n) is 6.42. The summed E-state index contributed by atoms with van der Waals surface area (Å²) >= 11 is 0. The molecule has 1 saturated carbocycles. The number of fused-ring (bicyclic) bond motifs is 1. The molecule has 4 atom stereocenters. The van der Waals surface area contributed by atoms with Crippen molar-refractivity contribution in [3.8, 4) is 0 Å². The van der Waals surface area contributed by atoms with Gasteiger partial charge in [-0.25, -0.2) is 9.59 Å². The fourth-order valence-corrected chi connectivity index (χ4v) is 6.42. The zero-order chi connectivity index (χ0) is 30.3. The molecule has 0 bridgehead atoms. The highest BCUT2D eigenvalue weighted by Gasteiger charge is 2.64. The standard InChI is InChI=1S/C33H47N3O6/c1-5-7-8-9-10-11-16-29(37)36-22-26(42-32(40)35-18-17-24-14-12-13-15-25(24)21-35)19-28(36)30(38)34-33(31(39)41-6-2)20-27(33)23(3)4/h5,12-15,23,26-28H,1,6-11,16-22H2,2-4H3,(H,34,38)/t26-,27+,28+,33-/m1/s1. The van der Waals surface area contributed by atoms with Crippen molar-refractivity contribution in [3.63, 3.8) is 0 Å². The minimum Gasteiger partial charge on any atom is -0.464 e. The number of rotatable bonds is 13. The number of carbonyl (C=O) groups excluding carboxylic acids is 4. The summed E-state index contributed by atoms with van der Waals surface area (Å²) in [6.45, 7) is 10.9. The Hall–Kier alpha value is -3.36. The van der Waals surface area contributed by atoms with Crippen molar-refractivity contribution in [2.24, 2.45) is 11.8 Å². The van der Waals surface area contributed by atoms with Gasteiger partial charge in [0.1, 0.15) is 17.7 Å². The number of likely N-dealkylation sites (tertiary alicyclic amines) is 1. The smallest absolute Gasteiger partial charge is 0.410 e. The van der Waals surface area contributed by atoms with E-state index < -0.39 is 35.7 Å². The van der Waals surface area contributed by atoms with Gasteiger partial charge < -0.3 is 24.6 Å². The Morgan fingerprint density at radius 1 is 1.12 bits per heavy atom. The molecule has 0 radical (unpaired) electrons. The van der Waals surface area contributed by atoms with Crippen LogP contribution in [0.25, 0.3) is 0 Å². The van der Waals surface area contributed by atoms with Gasteiger partial charge in [-0.15, -0.1) is 6.58 Å². The maximum Gasteiger partial charge on any atom is 0.410 e. The third kappa shape index (κ3) is 7.34. The van der Waals surface area contributed by atoms with Gasteiger partial charge in [0.05, 0.1) is 13.2 Å². The number of esters is 1. The van der Waals surface area contributed by atoms with E-state index >= 15 is 0 Å². The summed E-state index contributed by atoms with van der Waals surface area (Å²) in [7, 11) is 0. The van der Waals surface area contributed by atoms with E-state index in [0.717, 1.165) is 44.1 Å². The largest absolute Gasteiger partial charge is 0.464 e. The van der Waals surface area contributed by atoms with E-state index in [4.69, 9.17) is 9.47 Å². The molecule has 4 rings (SSSR count). The average Bonchev–Trinajstić information content (AvgIpc) is 3.57. The molecule has 3 amide bonds. The van der Waals surface area contributed by atoms with E-state index in [1.54, 1.807) is 16.7 Å². The number of benzene rings is 1. The summed E-state index contributed by atoms with van der Waals surface area (Å²) < 4.78 is 11.2. The lowest BCUT2D eigenvalue weighted by Gasteiger charge is -2.29. The number of nitrogens with one attached hydrogen (secondary N) is 1. The molecule has 2 heterocycles. The first-order valence-corrected chi connectivity index (χ1v) is 15.6. The van der Waals surface area contributed by atoms with Crippen LogP contribution >= 0.6 is 0 Å². The molecular formula is C33H47N3O6. The van der Waals surface area contributed by atoms with Crippen LogP contribution in [0.1, 0.15) is 83.3 Å². The van der Waals surface area contributed by atoms with Crippen LogP contribution in [0.4, 0.5) is 4.79 Å². The molecule has 0 unspecified atom stereocenters. The van der Waals surface area contributed by atoms with Crippen molar-refractivity contribution in [1.29, 1.82) is 0 Å². The summed E-state index contributed by atoms with van der Waals surface area (Å²) in [5.74, 6) is -0.805. The molecule has 0 aromatic heterocycles. The summed E-state index contributed by atoms with van der Waals surface area (Å²) in [5.41, 5.74) is 1.26. The molecule has 9 heteroatoms. The number of hydrogen-bond acceptors (Lipinski definition) is 6. The number of carbonyl (C=O) groups is 4. The van der Waals surface area contributed by atoms with Crippen molar-refractivity contribution in [3.05, 3.63) is 48.0 Å². The Labute approximate surface area is 250 Å². The van der Waals surface area contributed by atoms with Gasteiger partial charge in [0.25, 0.3) is 0 Å². The first kappa shape index (κ1) is 31.6. The lowest BCUT2D eigenvalue weighted by atomic mass is 10.0. The third-order valence-electron chi connectivity index (χ3n) is 8.90. The van der Waals surface area contributed by atoms with Crippen LogP contribution in [0.15, 0.2) is 36.9 Å². The summed E-state index contributed by atoms with van der Waals surface area (Å²) in [6.07, 6.45) is 7.28. The molecule has 1 saturated heterocycles. The predicted octanol–water partition coefficient (Wildman–Crippen LogP) is 4.77. The van der Waals surface area contributed by atoms with Crippen LogP contribution in [0.3, 0.4) is 0 Å². The number of ether oxygens (including phenoxy) is 2. The Morgan fingerprint density at radius 2 is 1.86 bits per heavy atom. The van der Waals surface area contributed by atoms with E-state index in [-0.39, 0.29) is 37.3 Å². The van der Waals surface area contributed by atoms with E-state index in [2.05, 4.69) is 18.0 Å². The van der Waals surface area contributed by atoms with Gasteiger partial charge in [0, 0.05) is 25.9 Å². The monoisotopic (exact) mass is 581 g/mol. The molecule has 9 nitrogen and oxygen atoms in total. The van der Waals surface area contributed by atoms with Crippen LogP contribution in [0.2, 0.25) is 0 Å². The Kier molecular flexibility index (Phi) is 10.7. The third-order valence-corrected chi connectivity index (χ3v) is 8.90. The van der Waals surface area contributed by atoms with Gasteiger partial charge in [0.15, 0.2) is 0 Å². The van der Waals surface area contributed by atoms with Crippen molar-refractivity contribution in [2.45, 2.75) is 103 Å². The highest BCUT2D eigenvalue weighted by molar-refractivity contribution is 5.95. The van der Waals surface area contributed by atoms with Crippen LogP contribution < -0.4 is 5.32 Å². The van der Waals surface area contributed by atoms with Crippen molar-refractivity contribution in [1.82, 2.24) is 15.1 Å². The van der Waals surface area contributed by atoms with Crippen molar-refractivity contribution < 1.29 is 28.7 Å². The van der Waals surface area contributed by atoms with Gasteiger partial charge in [-0.2, -0.15) is 0 Å². The summed E-state index contributed by atoms with van der Waals surface area (Å²) in [6, 6.07) is 7.24. The normalized spacial score (nSPS) is 24.6. The Balaban J connectivity index is 1.43. The van der Waals surface area contributed by atoms with E-state index in [0.29, 0.717) is 25.9 Å². The van der Waals surface area contributed by atoms with Crippen molar-refractivity contribution >= 4 is 23.9 Å². The topological polar surface area (TPSA) is 105 Å². The van der Waals surface area contributed by atoms with Crippen LogP contribution in [0.5, 0.6) is 0 Å². The molecule has 2 fully saturated rings. The second-order valence-corrected chi connectivity index (χ2v) is 12.2. The highest BCUT2D eigenvalue weighted by atomic mass is 16.6. The van der Waals surface area contributed by atoms with Gasteiger partial charge in [-0.05, 0) is 62.0 Å². The van der Waals surface area contributed by atoms with Crippen LogP contribution in [-0.4, -0.2) is 71.1 Å². The molecule has 2 aliphatic heterocycles. The summed E-state index contributed by atoms with van der Waals surface area (Å²) in [5, 5.41) is 2.98. The average molecular weight is 582 g/mol. The number of allylic oxidation sites excluding steroid dienone is 1. The molecule has 0 spiro atoms. The maximum absolute atomic E-state index is 13.7. The second kappa shape index (κ2) is 14.2. The van der Waals surface area contributed by atoms with Gasteiger partial charge >= 0.3 is 12.1 Å². The molecule has 1 N–H and O–H groups in total. The molecule has 1 aliphatic carbocycles. The lowest BCUT2D eigenvalue weighted by molar-refractivity contribution is -0.150. The van der Waals surface area contributed by atoms with Crippen LogP contribution in [0, 0.1) is 11.8 Å². The molecule has 1 aromatic carbocycles. The van der Waals surface area contributed by atoms with Gasteiger partial charge in [-0.3, -0.25) is 9.59 Å². The molecule has 42 heavy (non-hydrogen) atoms. The molecule has 1 aromatic rings. The first-order valence-electron chi connectivity index (χ1n) is 15.6. The van der Waals surface area contributed by atoms with Gasteiger partial charge in [0.2, 0.25) is 11.8 Å². The Bertz CT molecular complexity index is 1150. The minimum absolute atomic E-state index is 0.0303. The first-order chi connectivity index (χ1) is 20.2. The van der Waals surface area contributed by atoms with Crippen LogP contribution in [-0.2, 0) is 36.8 Å². The Morgan fingerprint density at radius 3 is 2.55 bits per heavy atom. The zero-order valence-corrected chi connectivity index (χ0v) is 25.4. The molecular weight excluding hydrogens is 534 g/mol. The number of unbranched alkanes of at least 4 members (excludes halogenated alkanes) is 4. The van der Waals surface area contributed by atoms with Gasteiger partial charge in [-0.1, -0.05) is 57.0 Å². The fraction of sp³-hybridized carbons (Fsp3) is 0.636. The lowest BCUT2D eigenvalue weighted by Crippen LogP contribution is -2.53. The number of nitrogens with zero attached hydrogens (tertiary/aromatic N) is 2. The van der Waals surface area contributed by atoms with Crippen molar-refractivity contribution in [2.75, 3.05) is 19.7 Å². The number of amides is 3. The quantitative estimate of drug-likeness (QED) is 0.204. The predicted molar refractivity (Wildman–Crippen MR) is 159 cm³/mol. The molecule has 230 valence electrons. The number of hydrogen-bond donors (Lipinski definition) is 1. The molecule has 3 aliphatic rings. The second-order valence-electron chi connectivity index (χ2n) is 12.2. The highest BCUT2D eigenvalue weighted by Crippen LogP contribution is 2.49. The van der Waals surface area contributed by atoms with E-state index in [1.165, 1.54) is 5.56 Å². The summed E-state index contributed by atoms with van der Waals surface area (Å²) in [4.78, 5) is 56.5. The minimum atomic E-state index is -1.07.